The Morgan fingerprint density at radius 3 is 2.42 bits per heavy atom. The summed E-state index contributed by atoms with van der Waals surface area (Å²) in [5.41, 5.74) is 2.70. The van der Waals surface area contributed by atoms with Crippen LogP contribution in [-0.2, 0) is 16.1 Å². The summed E-state index contributed by atoms with van der Waals surface area (Å²) < 4.78 is 41.6. The van der Waals surface area contributed by atoms with E-state index in [9.17, 15) is 22.8 Å². The average molecular weight is 461 g/mol. The van der Waals surface area contributed by atoms with Crippen LogP contribution in [0.5, 0.6) is 0 Å². The minimum Gasteiger partial charge on any atom is -0.324 e. The van der Waals surface area contributed by atoms with Crippen molar-refractivity contribution in [3.8, 4) is 0 Å². The van der Waals surface area contributed by atoms with Crippen LogP contribution in [-0.4, -0.2) is 66.6 Å². The molecule has 0 spiro atoms. The number of carbonyl (C=O) groups is 2. The fourth-order valence-corrected chi connectivity index (χ4v) is 4.44. The van der Waals surface area contributed by atoms with Gasteiger partial charge in [0.2, 0.25) is 11.8 Å². The highest BCUT2D eigenvalue weighted by Gasteiger charge is 2.49. The molecule has 1 unspecified atom stereocenters. The van der Waals surface area contributed by atoms with Gasteiger partial charge in [-0.2, -0.15) is 13.2 Å². The molecule has 9 heteroatoms. The van der Waals surface area contributed by atoms with Gasteiger partial charge in [0.25, 0.3) is 0 Å². The molecule has 4 rings (SSSR count). The molecule has 2 aliphatic rings. The lowest BCUT2D eigenvalue weighted by atomic mass is 10.1. The number of hydrogen-bond donors (Lipinski definition) is 1. The number of hydrogen-bond acceptors (Lipinski definition) is 4. The number of nitrogens with zero attached hydrogens (tertiary/aromatic N) is 3. The van der Waals surface area contributed by atoms with Crippen LogP contribution in [0.2, 0.25) is 0 Å². The Bertz CT molecular complexity index is 1020. The monoisotopic (exact) mass is 460 g/mol. The minimum atomic E-state index is -4.73. The molecule has 33 heavy (non-hydrogen) atoms. The molecule has 2 aliphatic heterocycles. The second-order valence-electron chi connectivity index (χ2n) is 8.63. The van der Waals surface area contributed by atoms with Gasteiger partial charge in [0.05, 0.1) is 24.3 Å². The van der Waals surface area contributed by atoms with Crippen LogP contribution in [0, 0.1) is 6.92 Å². The molecule has 1 atom stereocenters. The van der Waals surface area contributed by atoms with Crippen LogP contribution in [0.1, 0.15) is 17.5 Å². The second kappa shape index (κ2) is 9.52. The van der Waals surface area contributed by atoms with E-state index in [1.54, 1.807) is 12.1 Å². The van der Waals surface area contributed by atoms with E-state index >= 15 is 0 Å². The maximum absolute atomic E-state index is 13.9. The van der Waals surface area contributed by atoms with Crippen molar-refractivity contribution in [2.24, 2.45) is 0 Å². The topological polar surface area (TPSA) is 55.9 Å². The van der Waals surface area contributed by atoms with Crippen LogP contribution in [0.15, 0.2) is 48.5 Å². The van der Waals surface area contributed by atoms with Crippen molar-refractivity contribution in [1.29, 1.82) is 0 Å². The number of anilines is 2. The van der Waals surface area contributed by atoms with E-state index in [-0.39, 0.29) is 17.9 Å². The predicted molar refractivity (Wildman–Crippen MR) is 120 cm³/mol. The summed E-state index contributed by atoms with van der Waals surface area (Å²) in [4.78, 5) is 30.2. The molecule has 0 aromatic heterocycles. The first-order chi connectivity index (χ1) is 15.7. The molecule has 2 heterocycles. The highest BCUT2D eigenvalue weighted by Crippen LogP contribution is 2.37. The van der Waals surface area contributed by atoms with Crippen molar-refractivity contribution in [3.63, 3.8) is 0 Å². The SMILES string of the molecule is Cc1cccc(CN2CCN(CC(=O)N3c4ccccc4NC(=O)CC3C(F)(F)F)CC2)c1. The number of para-hydroxylation sites is 2. The number of benzene rings is 2. The van der Waals surface area contributed by atoms with Crippen molar-refractivity contribution in [3.05, 3.63) is 59.7 Å². The number of rotatable bonds is 4. The lowest BCUT2D eigenvalue weighted by Crippen LogP contribution is -2.54. The number of alkyl halides is 3. The molecule has 0 bridgehead atoms. The standard InChI is InChI=1S/C24H27F3N4O2/c1-17-5-4-6-18(13-17)15-29-9-11-30(12-10-29)16-23(33)31-20-8-3-2-7-19(20)28-22(32)14-21(31)24(25,26)27/h2-8,13,21H,9-12,14-16H2,1H3,(H,28,32). The van der Waals surface area contributed by atoms with Crippen LogP contribution < -0.4 is 10.2 Å². The summed E-state index contributed by atoms with van der Waals surface area (Å²) in [5.74, 6) is -1.42. The molecular formula is C24H27F3N4O2. The molecule has 6 nitrogen and oxygen atoms in total. The number of carbonyl (C=O) groups excluding carboxylic acids is 2. The van der Waals surface area contributed by atoms with E-state index in [4.69, 9.17) is 0 Å². The molecule has 2 aromatic carbocycles. The fourth-order valence-electron chi connectivity index (χ4n) is 4.44. The average Bonchev–Trinajstić information content (AvgIpc) is 2.91. The maximum atomic E-state index is 13.9. The molecule has 0 aliphatic carbocycles. The van der Waals surface area contributed by atoms with Crippen LogP contribution >= 0.6 is 0 Å². The molecular weight excluding hydrogens is 433 g/mol. The van der Waals surface area contributed by atoms with Gasteiger partial charge in [-0.1, -0.05) is 42.0 Å². The van der Waals surface area contributed by atoms with Gasteiger partial charge < -0.3 is 5.32 Å². The fraction of sp³-hybridized carbons (Fsp3) is 0.417. The minimum absolute atomic E-state index is 0.0776. The summed E-state index contributed by atoms with van der Waals surface area (Å²) in [6, 6.07) is 12.2. The van der Waals surface area contributed by atoms with Gasteiger partial charge in [-0.05, 0) is 24.6 Å². The first kappa shape index (κ1) is 23.3. The van der Waals surface area contributed by atoms with Gasteiger partial charge in [0.15, 0.2) is 0 Å². The predicted octanol–water partition coefficient (Wildman–Crippen LogP) is 3.42. The van der Waals surface area contributed by atoms with Crippen molar-refractivity contribution >= 4 is 23.2 Å². The smallest absolute Gasteiger partial charge is 0.324 e. The lowest BCUT2D eigenvalue weighted by Gasteiger charge is -2.37. The van der Waals surface area contributed by atoms with Gasteiger partial charge in [0, 0.05) is 32.7 Å². The number of halogens is 3. The first-order valence-corrected chi connectivity index (χ1v) is 11.0. The Kier molecular flexibility index (Phi) is 6.71. The highest BCUT2D eigenvalue weighted by molar-refractivity contribution is 6.05. The zero-order chi connectivity index (χ0) is 23.6. The Balaban J connectivity index is 1.45. The van der Waals surface area contributed by atoms with Crippen molar-refractivity contribution in [2.75, 3.05) is 42.9 Å². The molecule has 176 valence electrons. The number of fused-ring (bicyclic) bond motifs is 1. The zero-order valence-corrected chi connectivity index (χ0v) is 18.4. The van der Waals surface area contributed by atoms with Crippen molar-refractivity contribution < 1.29 is 22.8 Å². The lowest BCUT2D eigenvalue weighted by molar-refractivity contribution is -0.158. The van der Waals surface area contributed by atoms with E-state index in [1.165, 1.54) is 23.3 Å². The first-order valence-electron chi connectivity index (χ1n) is 11.0. The summed E-state index contributed by atoms with van der Waals surface area (Å²) in [5, 5.41) is 2.49. The summed E-state index contributed by atoms with van der Waals surface area (Å²) in [6.45, 7) is 5.33. The summed E-state index contributed by atoms with van der Waals surface area (Å²) >= 11 is 0. The molecule has 2 amide bonds. The number of aryl methyl sites for hydroxylation is 1. The van der Waals surface area contributed by atoms with E-state index in [0.717, 1.165) is 24.5 Å². The molecule has 0 radical (unpaired) electrons. The molecule has 1 fully saturated rings. The third-order valence-electron chi connectivity index (χ3n) is 6.09. The van der Waals surface area contributed by atoms with Gasteiger partial charge in [-0.3, -0.25) is 24.3 Å². The van der Waals surface area contributed by atoms with Crippen molar-refractivity contribution in [1.82, 2.24) is 9.80 Å². The van der Waals surface area contributed by atoms with E-state index in [2.05, 4.69) is 22.3 Å². The Labute approximate surface area is 191 Å². The van der Waals surface area contributed by atoms with Gasteiger partial charge in [0.1, 0.15) is 6.04 Å². The van der Waals surface area contributed by atoms with Crippen molar-refractivity contribution in [2.45, 2.75) is 32.1 Å². The molecule has 1 saturated heterocycles. The Morgan fingerprint density at radius 1 is 1.03 bits per heavy atom. The highest BCUT2D eigenvalue weighted by atomic mass is 19.4. The Hall–Kier alpha value is -2.91. The maximum Gasteiger partial charge on any atom is 0.409 e. The molecule has 1 N–H and O–H groups in total. The second-order valence-corrected chi connectivity index (χ2v) is 8.63. The van der Waals surface area contributed by atoms with E-state index in [0.29, 0.717) is 13.1 Å². The Morgan fingerprint density at radius 2 is 1.73 bits per heavy atom. The molecule has 0 saturated carbocycles. The third kappa shape index (κ3) is 5.54. The number of nitrogens with one attached hydrogen (secondary N) is 1. The summed E-state index contributed by atoms with van der Waals surface area (Å²) in [6.07, 6.45) is -5.55. The van der Waals surface area contributed by atoms with Gasteiger partial charge in [-0.25, -0.2) is 0 Å². The zero-order valence-electron chi connectivity index (χ0n) is 18.4. The van der Waals surface area contributed by atoms with Gasteiger partial charge >= 0.3 is 6.18 Å². The summed E-state index contributed by atoms with van der Waals surface area (Å²) in [7, 11) is 0. The van der Waals surface area contributed by atoms with Crippen LogP contribution in [0.4, 0.5) is 24.5 Å². The quantitative estimate of drug-likeness (QED) is 0.760. The van der Waals surface area contributed by atoms with Crippen LogP contribution in [0.3, 0.4) is 0 Å². The van der Waals surface area contributed by atoms with E-state index in [1.807, 2.05) is 24.0 Å². The third-order valence-corrected chi connectivity index (χ3v) is 6.09. The van der Waals surface area contributed by atoms with E-state index < -0.39 is 30.5 Å². The molecule has 2 aromatic rings. The largest absolute Gasteiger partial charge is 0.409 e. The number of piperazine rings is 1. The normalized spacial score (nSPS) is 20.2. The van der Waals surface area contributed by atoms with Gasteiger partial charge in [-0.15, -0.1) is 0 Å². The number of amides is 2. The van der Waals surface area contributed by atoms with Crippen LogP contribution in [0.25, 0.3) is 0 Å².